The van der Waals surface area contributed by atoms with Crippen molar-refractivity contribution >= 4 is 17.9 Å². The highest BCUT2D eigenvalue weighted by Crippen LogP contribution is 2.32. The van der Waals surface area contributed by atoms with Gasteiger partial charge >= 0.3 is 0 Å². The molecule has 3 N–H and O–H groups in total. The number of halogens is 1. The molecule has 1 rings (SSSR count). The van der Waals surface area contributed by atoms with Gasteiger partial charge in [-0.05, 0) is 12.1 Å². The molecule has 2 unspecified atom stereocenters. The Hall–Kier alpha value is -1.61. The molecule has 2 atom stereocenters. The average molecular weight is 256 g/mol. The zero-order valence-corrected chi connectivity index (χ0v) is 9.42. The Balaban J connectivity index is 3.17. The zero-order chi connectivity index (χ0) is 13.0. The van der Waals surface area contributed by atoms with E-state index in [-0.39, 0.29) is 22.6 Å². The molecule has 0 aliphatic heterocycles. The quantitative estimate of drug-likeness (QED) is 0.701. The Morgan fingerprint density at radius 1 is 1.47 bits per heavy atom. The summed E-state index contributed by atoms with van der Waals surface area (Å²) >= 11 is 5.70. The molecule has 0 spiro atoms. The third-order valence-electron chi connectivity index (χ3n) is 2.24. The third-order valence-corrected chi connectivity index (χ3v) is 2.46. The maximum Gasteiger partial charge on any atom is 0.153 e. The molecular weight excluding hydrogens is 246 g/mol. The predicted octanol–water partition coefficient (Wildman–Crippen LogP) is 1.17. The maximum absolute atomic E-state index is 10.6. The number of nitriles is 1. The van der Waals surface area contributed by atoms with Crippen LogP contribution in [0.15, 0.2) is 12.1 Å². The number of aliphatic hydroxyl groups excluding tert-OH is 2. The van der Waals surface area contributed by atoms with Gasteiger partial charge in [0.2, 0.25) is 0 Å². The van der Waals surface area contributed by atoms with Crippen molar-refractivity contribution in [3.63, 3.8) is 0 Å². The largest absolute Gasteiger partial charge is 0.507 e. The molecule has 0 radical (unpaired) electrons. The number of phenolic OH excluding ortho intramolecular Hbond substituents is 1. The minimum atomic E-state index is -1.48. The number of aromatic hydroxyl groups is 1. The second-order valence-corrected chi connectivity index (χ2v) is 3.86. The van der Waals surface area contributed by atoms with Gasteiger partial charge in [-0.1, -0.05) is 11.6 Å². The van der Waals surface area contributed by atoms with Gasteiger partial charge in [0.1, 0.15) is 11.9 Å². The van der Waals surface area contributed by atoms with E-state index in [9.17, 15) is 20.1 Å². The first-order valence-corrected chi connectivity index (χ1v) is 5.09. The molecule has 0 saturated carbocycles. The Morgan fingerprint density at radius 3 is 2.65 bits per heavy atom. The van der Waals surface area contributed by atoms with Gasteiger partial charge in [0.15, 0.2) is 6.29 Å². The minimum Gasteiger partial charge on any atom is -0.507 e. The van der Waals surface area contributed by atoms with Crippen molar-refractivity contribution in [1.29, 1.82) is 5.26 Å². The monoisotopic (exact) mass is 255 g/mol. The Bertz CT molecular complexity index is 469. The fourth-order valence-electron chi connectivity index (χ4n) is 1.37. The van der Waals surface area contributed by atoms with E-state index in [2.05, 4.69) is 0 Å². The van der Waals surface area contributed by atoms with Crippen molar-refractivity contribution in [3.8, 4) is 11.8 Å². The van der Waals surface area contributed by atoms with Crippen molar-refractivity contribution in [3.05, 3.63) is 28.3 Å². The van der Waals surface area contributed by atoms with Gasteiger partial charge in [0, 0.05) is 10.6 Å². The van der Waals surface area contributed by atoms with Crippen LogP contribution in [0.25, 0.3) is 0 Å². The lowest BCUT2D eigenvalue weighted by Crippen LogP contribution is -2.17. The van der Waals surface area contributed by atoms with Crippen molar-refractivity contribution in [2.24, 2.45) is 0 Å². The normalized spacial score (nSPS) is 13.8. The average Bonchev–Trinajstić information content (AvgIpc) is 2.31. The molecule has 1 aromatic rings. The second kappa shape index (κ2) is 5.64. The lowest BCUT2D eigenvalue weighted by Gasteiger charge is -2.17. The SMILES string of the molecule is N#CCC(O)C(O)c1cc(Cl)cc(C=O)c1O. The van der Waals surface area contributed by atoms with E-state index in [0.29, 0.717) is 6.29 Å². The number of rotatable bonds is 4. The summed E-state index contributed by atoms with van der Waals surface area (Å²) in [5.41, 5.74) is -0.168. The van der Waals surface area contributed by atoms with Crippen LogP contribution < -0.4 is 0 Å². The van der Waals surface area contributed by atoms with Crippen LogP contribution in [-0.2, 0) is 0 Å². The molecule has 6 heteroatoms. The molecule has 0 heterocycles. The van der Waals surface area contributed by atoms with Crippen LogP contribution >= 0.6 is 11.6 Å². The zero-order valence-electron chi connectivity index (χ0n) is 8.67. The van der Waals surface area contributed by atoms with Gasteiger partial charge in [0.05, 0.1) is 24.2 Å². The number of hydrogen-bond acceptors (Lipinski definition) is 5. The van der Waals surface area contributed by atoms with Crippen molar-refractivity contribution in [2.45, 2.75) is 18.6 Å². The van der Waals surface area contributed by atoms with Crippen LogP contribution in [-0.4, -0.2) is 27.7 Å². The molecular formula is C11H10ClNO4. The lowest BCUT2D eigenvalue weighted by molar-refractivity contribution is 0.0202. The van der Waals surface area contributed by atoms with Crippen LogP contribution in [0, 0.1) is 11.3 Å². The van der Waals surface area contributed by atoms with Gasteiger partial charge in [0.25, 0.3) is 0 Å². The number of hydrogen-bond donors (Lipinski definition) is 3. The van der Waals surface area contributed by atoms with Gasteiger partial charge in [-0.3, -0.25) is 4.79 Å². The Kier molecular flexibility index (Phi) is 4.46. The molecule has 5 nitrogen and oxygen atoms in total. The standard InChI is InChI=1S/C11H10ClNO4/c12-7-3-6(5-14)10(16)8(4-7)11(17)9(15)1-2-13/h3-5,9,11,15-17H,1H2. The highest BCUT2D eigenvalue weighted by molar-refractivity contribution is 6.31. The number of phenols is 1. The van der Waals surface area contributed by atoms with E-state index in [1.807, 2.05) is 0 Å². The molecule has 0 aromatic heterocycles. The molecule has 17 heavy (non-hydrogen) atoms. The summed E-state index contributed by atoms with van der Waals surface area (Å²) in [6.45, 7) is 0. The van der Waals surface area contributed by atoms with Crippen molar-refractivity contribution in [1.82, 2.24) is 0 Å². The first-order chi connectivity index (χ1) is 8.01. The number of nitrogens with zero attached hydrogens (tertiary/aromatic N) is 1. The number of aliphatic hydroxyl groups is 2. The smallest absolute Gasteiger partial charge is 0.153 e. The number of aldehydes is 1. The van der Waals surface area contributed by atoms with E-state index in [1.54, 1.807) is 6.07 Å². The lowest BCUT2D eigenvalue weighted by atomic mass is 9.99. The summed E-state index contributed by atoms with van der Waals surface area (Å²) in [5.74, 6) is -0.450. The number of carbonyl (C=O) groups excluding carboxylic acids is 1. The van der Waals surface area contributed by atoms with Crippen LogP contribution in [0.3, 0.4) is 0 Å². The number of carbonyl (C=O) groups is 1. The van der Waals surface area contributed by atoms with Gasteiger partial charge in [-0.25, -0.2) is 0 Å². The predicted molar refractivity (Wildman–Crippen MR) is 59.7 cm³/mol. The summed E-state index contributed by atoms with van der Waals surface area (Å²) in [4.78, 5) is 10.6. The highest BCUT2D eigenvalue weighted by atomic mass is 35.5. The van der Waals surface area contributed by atoms with Crippen LogP contribution in [0.1, 0.15) is 28.4 Å². The highest BCUT2D eigenvalue weighted by Gasteiger charge is 2.23. The second-order valence-electron chi connectivity index (χ2n) is 3.43. The van der Waals surface area contributed by atoms with Crippen LogP contribution in [0.2, 0.25) is 5.02 Å². The first-order valence-electron chi connectivity index (χ1n) is 4.72. The van der Waals surface area contributed by atoms with E-state index < -0.39 is 18.0 Å². The van der Waals surface area contributed by atoms with Gasteiger partial charge < -0.3 is 15.3 Å². The van der Waals surface area contributed by atoms with E-state index in [0.717, 1.165) is 0 Å². The first kappa shape index (κ1) is 13.5. The van der Waals surface area contributed by atoms with Crippen molar-refractivity contribution in [2.75, 3.05) is 0 Å². The van der Waals surface area contributed by atoms with Gasteiger partial charge in [-0.15, -0.1) is 0 Å². The fourth-order valence-corrected chi connectivity index (χ4v) is 1.60. The molecule has 0 fully saturated rings. The topological polar surface area (TPSA) is 102 Å². The summed E-state index contributed by atoms with van der Waals surface area (Å²) in [6.07, 6.45) is -2.76. The minimum absolute atomic E-state index is 0.0812. The van der Waals surface area contributed by atoms with E-state index >= 15 is 0 Å². The maximum atomic E-state index is 10.6. The van der Waals surface area contributed by atoms with Crippen molar-refractivity contribution < 1.29 is 20.1 Å². The molecule has 1 aromatic carbocycles. The summed E-state index contributed by atoms with van der Waals surface area (Å²) in [5, 5.41) is 37.3. The fraction of sp³-hybridized carbons (Fsp3) is 0.273. The Morgan fingerprint density at radius 2 is 2.12 bits per heavy atom. The molecule has 0 amide bonds. The van der Waals surface area contributed by atoms with E-state index in [1.165, 1.54) is 12.1 Å². The summed E-state index contributed by atoms with van der Waals surface area (Å²) < 4.78 is 0. The molecule has 0 saturated heterocycles. The number of benzene rings is 1. The molecule has 0 aliphatic rings. The van der Waals surface area contributed by atoms with Crippen LogP contribution in [0.4, 0.5) is 0 Å². The summed E-state index contributed by atoms with van der Waals surface area (Å²) in [7, 11) is 0. The van der Waals surface area contributed by atoms with E-state index in [4.69, 9.17) is 16.9 Å². The van der Waals surface area contributed by atoms with Crippen LogP contribution in [0.5, 0.6) is 5.75 Å². The molecule has 0 aliphatic carbocycles. The van der Waals surface area contributed by atoms with Gasteiger partial charge in [-0.2, -0.15) is 5.26 Å². The summed E-state index contributed by atoms with van der Waals surface area (Å²) in [6, 6.07) is 4.15. The third kappa shape index (κ3) is 2.94. The molecule has 90 valence electrons. The molecule has 0 bridgehead atoms. The Labute approximate surface area is 102 Å².